The second kappa shape index (κ2) is 12.1. The Hall–Kier alpha value is -3.23. The molecule has 3 N–H and O–H groups in total. The molecule has 0 aliphatic rings. The lowest BCUT2D eigenvalue weighted by molar-refractivity contribution is -0.142. The van der Waals surface area contributed by atoms with E-state index in [1.165, 1.54) is 13.8 Å². The van der Waals surface area contributed by atoms with Crippen molar-refractivity contribution in [3.05, 3.63) is 65.2 Å². The van der Waals surface area contributed by atoms with E-state index in [1.807, 2.05) is 44.2 Å². The van der Waals surface area contributed by atoms with E-state index in [0.717, 1.165) is 5.56 Å². The number of β-amino-alcohol motifs (C(OH)–C–C–N with tert-alkyl or cyclic N) is 1. The third-order valence-electron chi connectivity index (χ3n) is 4.86. The molecule has 0 heterocycles. The molecule has 0 saturated heterocycles. The van der Waals surface area contributed by atoms with Gasteiger partial charge in [-0.3, -0.25) is 14.4 Å². The van der Waals surface area contributed by atoms with Gasteiger partial charge in [-0.2, -0.15) is 0 Å². The summed E-state index contributed by atoms with van der Waals surface area (Å²) in [5, 5.41) is 16.8. The first-order valence-electron chi connectivity index (χ1n) is 10.7. The minimum absolute atomic E-state index is 0.0761. The van der Waals surface area contributed by atoms with E-state index in [4.69, 9.17) is 9.47 Å². The lowest BCUT2D eigenvalue weighted by Crippen LogP contribution is -2.50. The molecule has 1 unspecified atom stereocenters. The number of ether oxygens (including phenoxy) is 2. The van der Waals surface area contributed by atoms with Crippen molar-refractivity contribution in [2.24, 2.45) is 0 Å². The van der Waals surface area contributed by atoms with Crippen LogP contribution in [0.4, 0.5) is 0 Å². The van der Waals surface area contributed by atoms with Crippen LogP contribution in [0.2, 0.25) is 0 Å². The first-order chi connectivity index (χ1) is 15.6. The van der Waals surface area contributed by atoms with Crippen molar-refractivity contribution in [2.45, 2.75) is 52.4 Å². The topological polar surface area (TPSA) is 114 Å². The fourth-order valence-electron chi connectivity index (χ4n) is 3.07. The van der Waals surface area contributed by atoms with Gasteiger partial charge in [-0.25, -0.2) is 0 Å². The highest BCUT2D eigenvalue weighted by Crippen LogP contribution is 2.25. The van der Waals surface area contributed by atoms with Crippen LogP contribution < -0.4 is 15.4 Å². The molecular weight excluding hydrogens is 424 g/mol. The number of amides is 1. The van der Waals surface area contributed by atoms with Gasteiger partial charge >= 0.3 is 11.9 Å². The third-order valence-corrected chi connectivity index (χ3v) is 4.86. The van der Waals surface area contributed by atoms with Crippen molar-refractivity contribution in [1.29, 1.82) is 0 Å². The van der Waals surface area contributed by atoms with E-state index in [9.17, 15) is 19.5 Å². The van der Waals surface area contributed by atoms with Gasteiger partial charge in [-0.05, 0) is 37.1 Å². The number of esters is 2. The summed E-state index contributed by atoms with van der Waals surface area (Å²) in [6.07, 6.45) is -0.564. The Balaban J connectivity index is 1.93. The molecule has 0 saturated carbocycles. The maximum Gasteiger partial charge on any atom is 0.308 e. The zero-order valence-corrected chi connectivity index (χ0v) is 19.5. The summed E-state index contributed by atoms with van der Waals surface area (Å²) in [7, 11) is 0. The van der Waals surface area contributed by atoms with Gasteiger partial charge in [0.15, 0.2) is 0 Å². The molecule has 33 heavy (non-hydrogen) atoms. The first-order valence-corrected chi connectivity index (χ1v) is 10.7. The lowest BCUT2D eigenvalue weighted by Gasteiger charge is -2.28. The van der Waals surface area contributed by atoms with Crippen molar-refractivity contribution in [2.75, 3.05) is 13.1 Å². The second-order valence-electron chi connectivity index (χ2n) is 8.46. The van der Waals surface area contributed by atoms with Crippen LogP contribution in [0, 0.1) is 0 Å². The molecule has 8 heteroatoms. The third kappa shape index (κ3) is 9.43. The summed E-state index contributed by atoms with van der Waals surface area (Å²) in [6.45, 7) is 6.95. The van der Waals surface area contributed by atoms with Crippen LogP contribution in [0.25, 0.3) is 0 Å². The Morgan fingerprint density at radius 3 is 2.36 bits per heavy atom. The number of nitrogens with one attached hydrogen (secondary N) is 2. The number of carbonyl (C=O) groups is 3. The molecule has 1 amide bonds. The zero-order valence-electron chi connectivity index (χ0n) is 19.5. The van der Waals surface area contributed by atoms with Crippen LogP contribution in [0.1, 0.15) is 50.5 Å². The van der Waals surface area contributed by atoms with Crippen LogP contribution >= 0.6 is 0 Å². The predicted molar refractivity (Wildman–Crippen MR) is 123 cm³/mol. The van der Waals surface area contributed by atoms with Crippen LogP contribution in [-0.2, 0) is 32.1 Å². The number of rotatable bonds is 11. The summed E-state index contributed by atoms with van der Waals surface area (Å²) in [6, 6.07) is 14.4. The normalized spacial score (nSPS) is 12.0. The number of carbonyl (C=O) groups excluding carboxylic acids is 3. The molecular formula is C25H32N2O6. The molecule has 1 atom stereocenters. The number of hydrogen-bond donors (Lipinski definition) is 3. The minimum atomic E-state index is -0.869. The van der Waals surface area contributed by atoms with Gasteiger partial charge in [0.2, 0.25) is 5.91 Å². The maximum absolute atomic E-state index is 12.2. The lowest BCUT2D eigenvalue weighted by atomic mass is 10.0. The SMILES string of the molecule is CC(=O)OCc1cc(C(O)CNC(C)(C)CNC(=O)Cc2ccccc2)ccc1OC(C)=O. The summed E-state index contributed by atoms with van der Waals surface area (Å²) in [5.74, 6) is -0.764. The smallest absolute Gasteiger partial charge is 0.308 e. The minimum Gasteiger partial charge on any atom is -0.461 e. The molecule has 178 valence electrons. The largest absolute Gasteiger partial charge is 0.461 e. The first kappa shape index (κ1) is 26.0. The highest BCUT2D eigenvalue weighted by atomic mass is 16.5. The van der Waals surface area contributed by atoms with E-state index in [0.29, 0.717) is 24.1 Å². The van der Waals surface area contributed by atoms with Crippen LogP contribution in [0.3, 0.4) is 0 Å². The Labute approximate surface area is 194 Å². The average molecular weight is 457 g/mol. The highest BCUT2D eigenvalue weighted by molar-refractivity contribution is 5.78. The maximum atomic E-state index is 12.2. The molecule has 0 spiro atoms. The quantitative estimate of drug-likeness (QED) is 0.351. The van der Waals surface area contributed by atoms with E-state index >= 15 is 0 Å². The molecule has 2 rings (SSSR count). The van der Waals surface area contributed by atoms with E-state index in [2.05, 4.69) is 10.6 Å². The molecule has 0 fully saturated rings. The van der Waals surface area contributed by atoms with E-state index in [1.54, 1.807) is 18.2 Å². The van der Waals surface area contributed by atoms with Gasteiger partial charge in [0.25, 0.3) is 0 Å². The number of benzene rings is 2. The van der Waals surface area contributed by atoms with Crippen LogP contribution in [0.15, 0.2) is 48.5 Å². The summed E-state index contributed by atoms with van der Waals surface area (Å²) in [4.78, 5) is 34.7. The Kier molecular flexibility index (Phi) is 9.57. The van der Waals surface area contributed by atoms with Gasteiger partial charge in [-0.15, -0.1) is 0 Å². The van der Waals surface area contributed by atoms with Gasteiger partial charge in [0.05, 0.1) is 12.5 Å². The van der Waals surface area contributed by atoms with Crippen molar-refractivity contribution in [3.8, 4) is 5.75 Å². The van der Waals surface area contributed by atoms with Crippen molar-refractivity contribution >= 4 is 17.8 Å². The van der Waals surface area contributed by atoms with Gasteiger partial charge < -0.3 is 25.2 Å². The van der Waals surface area contributed by atoms with Gasteiger partial charge in [-0.1, -0.05) is 36.4 Å². The van der Waals surface area contributed by atoms with Crippen LogP contribution in [-0.4, -0.2) is 41.6 Å². The highest BCUT2D eigenvalue weighted by Gasteiger charge is 2.21. The number of hydrogen-bond acceptors (Lipinski definition) is 7. The fourth-order valence-corrected chi connectivity index (χ4v) is 3.07. The molecule has 8 nitrogen and oxygen atoms in total. The Bertz CT molecular complexity index is 959. The molecule has 2 aromatic rings. The molecule has 0 aliphatic carbocycles. The van der Waals surface area contributed by atoms with Crippen LogP contribution in [0.5, 0.6) is 5.75 Å². The van der Waals surface area contributed by atoms with E-state index in [-0.39, 0.29) is 24.8 Å². The molecule has 0 aromatic heterocycles. The van der Waals surface area contributed by atoms with Crippen molar-refractivity contribution in [3.63, 3.8) is 0 Å². The fraction of sp³-hybridized carbons (Fsp3) is 0.400. The van der Waals surface area contributed by atoms with Crippen molar-refractivity contribution in [1.82, 2.24) is 10.6 Å². The zero-order chi connectivity index (χ0) is 24.4. The Morgan fingerprint density at radius 2 is 1.73 bits per heavy atom. The molecule has 2 aromatic carbocycles. The van der Waals surface area contributed by atoms with Gasteiger partial charge in [0.1, 0.15) is 12.4 Å². The van der Waals surface area contributed by atoms with Crippen molar-refractivity contribution < 1.29 is 29.0 Å². The van der Waals surface area contributed by atoms with E-state index < -0.39 is 23.6 Å². The summed E-state index contributed by atoms with van der Waals surface area (Å²) in [5.41, 5.74) is 1.53. The standard InChI is InChI=1S/C25H32N2O6/c1-17(28)32-15-21-13-20(10-11-23(21)33-18(2)29)22(30)14-27-25(3,4)16-26-24(31)12-19-8-6-5-7-9-19/h5-11,13,22,27,30H,12,14-16H2,1-4H3,(H,26,31). The average Bonchev–Trinajstić information content (AvgIpc) is 2.76. The molecule has 0 bridgehead atoms. The summed E-state index contributed by atoms with van der Waals surface area (Å²) < 4.78 is 10.2. The predicted octanol–water partition coefficient (Wildman–Crippen LogP) is 2.44. The number of aliphatic hydroxyl groups excluding tert-OH is 1. The second-order valence-corrected chi connectivity index (χ2v) is 8.46. The molecule has 0 radical (unpaired) electrons. The Morgan fingerprint density at radius 1 is 1.03 bits per heavy atom. The monoisotopic (exact) mass is 456 g/mol. The number of aliphatic hydroxyl groups is 1. The van der Waals surface area contributed by atoms with Gasteiger partial charge in [0, 0.05) is 38.0 Å². The summed E-state index contributed by atoms with van der Waals surface area (Å²) >= 11 is 0. The molecule has 0 aliphatic heterocycles.